The molecule has 3 rings (SSSR count). The molecule has 0 aromatic heterocycles. The van der Waals surface area contributed by atoms with Crippen LogP contribution in [0.25, 0.3) is 0 Å². The smallest absolute Gasteiger partial charge is 0.255 e. The van der Waals surface area contributed by atoms with Crippen LogP contribution in [0.3, 0.4) is 0 Å². The highest BCUT2D eigenvalue weighted by atomic mass is 16.5. The van der Waals surface area contributed by atoms with Gasteiger partial charge in [0.05, 0.1) is 26.9 Å². The lowest BCUT2D eigenvalue weighted by Gasteiger charge is -2.36. The summed E-state index contributed by atoms with van der Waals surface area (Å²) in [6.45, 7) is 5.28. The first-order valence-electron chi connectivity index (χ1n) is 9.76. The number of carbonyl (C=O) groups excluding carboxylic acids is 1. The van der Waals surface area contributed by atoms with E-state index < -0.39 is 0 Å². The summed E-state index contributed by atoms with van der Waals surface area (Å²) in [5.74, 6) is 1.90. The number of hydrogen-bond donors (Lipinski definition) is 1. The van der Waals surface area contributed by atoms with Gasteiger partial charge in [-0.15, -0.1) is 0 Å². The van der Waals surface area contributed by atoms with Gasteiger partial charge in [-0.05, 0) is 36.4 Å². The van der Waals surface area contributed by atoms with E-state index >= 15 is 0 Å². The molecule has 7 nitrogen and oxygen atoms in total. The maximum atomic E-state index is 12.5. The van der Waals surface area contributed by atoms with E-state index in [4.69, 9.17) is 14.2 Å². The molecule has 156 valence electrons. The fourth-order valence-corrected chi connectivity index (χ4v) is 3.43. The van der Waals surface area contributed by atoms with Gasteiger partial charge in [0.25, 0.3) is 5.91 Å². The normalized spacial score (nSPS) is 14.4. The third kappa shape index (κ3) is 5.32. The SMILES string of the molecule is COc1ccc(N2CCN(CCNC(=O)c3ccc(OC)cc3OC)CC2)cc1. The number of piperazine rings is 1. The van der Waals surface area contributed by atoms with Crippen molar-refractivity contribution in [1.29, 1.82) is 0 Å². The van der Waals surface area contributed by atoms with Gasteiger partial charge in [-0.2, -0.15) is 0 Å². The second-order valence-corrected chi connectivity index (χ2v) is 6.85. The number of ether oxygens (including phenoxy) is 3. The Morgan fingerprint density at radius 3 is 2.17 bits per heavy atom. The van der Waals surface area contributed by atoms with E-state index in [1.54, 1.807) is 39.5 Å². The van der Waals surface area contributed by atoms with E-state index in [1.807, 2.05) is 12.1 Å². The van der Waals surface area contributed by atoms with Gasteiger partial charge in [-0.25, -0.2) is 0 Å². The number of anilines is 1. The number of benzene rings is 2. The summed E-state index contributed by atoms with van der Waals surface area (Å²) in [7, 11) is 4.81. The molecule has 1 fully saturated rings. The minimum Gasteiger partial charge on any atom is -0.497 e. The fraction of sp³-hybridized carbons (Fsp3) is 0.409. The topological polar surface area (TPSA) is 63.3 Å². The maximum absolute atomic E-state index is 12.5. The van der Waals surface area contributed by atoms with E-state index in [0.717, 1.165) is 38.5 Å². The van der Waals surface area contributed by atoms with Gasteiger partial charge < -0.3 is 24.4 Å². The predicted molar refractivity (Wildman–Crippen MR) is 114 cm³/mol. The lowest BCUT2D eigenvalue weighted by Crippen LogP contribution is -2.48. The van der Waals surface area contributed by atoms with Gasteiger partial charge in [-0.1, -0.05) is 0 Å². The average Bonchev–Trinajstić information content (AvgIpc) is 2.79. The Kier molecular flexibility index (Phi) is 7.19. The van der Waals surface area contributed by atoms with Crippen molar-refractivity contribution in [3.05, 3.63) is 48.0 Å². The molecule has 0 saturated carbocycles. The molecule has 0 spiro atoms. The molecule has 0 atom stereocenters. The van der Waals surface area contributed by atoms with Crippen molar-refractivity contribution in [2.24, 2.45) is 0 Å². The molecule has 1 aliphatic rings. The van der Waals surface area contributed by atoms with Crippen LogP contribution in [0.5, 0.6) is 17.2 Å². The summed E-state index contributed by atoms with van der Waals surface area (Å²) in [6, 6.07) is 13.4. The quantitative estimate of drug-likeness (QED) is 0.735. The van der Waals surface area contributed by atoms with Crippen LogP contribution in [0.1, 0.15) is 10.4 Å². The second kappa shape index (κ2) is 10.0. The van der Waals surface area contributed by atoms with Crippen molar-refractivity contribution < 1.29 is 19.0 Å². The van der Waals surface area contributed by atoms with E-state index in [-0.39, 0.29) is 5.91 Å². The molecule has 2 aromatic rings. The molecule has 1 aliphatic heterocycles. The number of rotatable bonds is 8. The highest BCUT2D eigenvalue weighted by molar-refractivity contribution is 5.97. The Morgan fingerprint density at radius 2 is 1.55 bits per heavy atom. The third-order valence-electron chi connectivity index (χ3n) is 5.18. The van der Waals surface area contributed by atoms with Crippen molar-refractivity contribution in [2.75, 3.05) is 65.5 Å². The molecule has 1 N–H and O–H groups in total. The second-order valence-electron chi connectivity index (χ2n) is 6.85. The first kappa shape index (κ1) is 20.8. The van der Waals surface area contributed by atoms with Crippen LogP contribution in [0.4, 0.5) is 5.69 Å². The van der Waals surface area contributed by atoms with Crippen LogP contribution < -0.4 is 24.4 Å². The molecular weight excluding hydrogens is 370 g/mol. The largest absolute Gasteiger partial charge is 0.497 e. The molecule has 1 amide bonds. The molecule has 0 unspecified atom stereocenters. The molecule has 1 saturated heterocycles. The van der Waals surface area contributed by atoms with Crippen molar-refractivity contribution in [3.63, 3.8) is 0 Å². The zero-order valence-corrected chi connectivity index (χ0v) is 17.3. The predicted octanol–water partition coefficient (Wildman–Crippen LogP) is 2.26. The number of nitrogens with zero attached hydrogens (tertiary/aromatic N) is 2. The monoisotopic (exact) mass is 399 g/mol. The van der Waals surface area contributed by atoms with Gasteiger partial charge in [0.2, 0.25) is 0 Å². The highest BCUT2D eigenvalue weighted by Gasteiger charge is 2.18. The summed E-state index contributed by atoms with van der Waals surface area (Å²) in [5.41, 5.74) is 1.72. The first-order valence-corrected chi connectivity index (χ1v) is 9.76. The van der Waals surface area contributed by atoms with Crippen LogP contribution in [0.2, 0.25) is 0 Å². The summed E-state index contributed by atoms with van der Waals surface area (Å²) in [4.78, 5) is 17.2. The third-order valence-corrected chi connectivity index (χ3v) is 5.18. The molecule has 0 aliphatic carbocycles. The van der Waals surface area contributed by atoms with Crippen LogP contribution in [-0.4, -0.2) is 71.4 Å². The summed E-state index contributed by atoms with van der Waals surface area (Å²) in [6.07, 6.45) is 0. The lowest BCUT2D eigenvalue weighted by molar-refractivity contribution is 0.0944. The van der Waals surface area contributed by atoms with Crippen LogP contribution in [0.15, 0.2) is 42.5 Å². The van der Waals surface area contributed by atoms with Gasteiger partial charge >= 0.3 is 0 Å². The van der Waals surface area contributed by atoms with Crippen molar-refractivity contribution in [2.45, 2.75) is 0 Å². The fourth-order valence-electron chi connectivity index (χ4n) is 3.43. The molecule has 2 aromatic carbocycles. The summed E-state index contributed by atoms with van der Waals surface area (Å²) < 4.78 is 15.7. The number of nitrogens with one attached hydrogen (secondary N) is 1. The zero-order valence-electron chi connectivity index (χ0n) is 17.3. The minimum absolute atomic E-state index is 0.138. The Labute approximate surface area is 172 Å². The molecular formula is C22H29N3O4. The Balaban J connectivity index is 1.44. The van der Waals surface area contributed by atoms with Crippen LogP contribution in [-0.2, 0) is 0 Å². The first-order chi connectivity index (χ1) is 14.1. The van der Waals surface area contributed by atoms with E-state index in [1.165, 1.54) is 5.69 Å². The zero-order chi connectivity index (χ0) is 20.6. The van der Waals surface area contributed by atoms with Crippen LogP contribution >= 0.6 is 0 Å². The van der Waals surface area contributed by atoms with E-state index in [2.05, 4.69) is 27.2 Å². The number of hydrogen-bond acceptors (Lipinski definition) is 6. The van der Waals surface area contributed by atoms with Gasteiger partial charge in [0.15, 0.2) is 0 Å². The Bertz CT molecular complexity index is 802. The number of amides is 1. The van der Waals surface area contributed by atoms with Crippen molar-refractivity contribution in [1.82, 2.24) is 10.2 Å². The van der Waals surface area contributed by atoms with Gasteiger partial charge in [0, 0.05) is 51.0 Å². The summed E-state index contributed by atoms with van der Waals surface area (Å²) in [5, 5.41) is 2.99. The summed E-state index contributed by atoms with van der Waals surface area (Å²) >= 11 is 0. The van der Waals surface area contributed by atoms with E-state index in [0.29, 0.717) is 23.6 Å². The minimum atomic E-state index is -0.138. The van der Waals surface area contributed by atoms with Crippen molar-refractivity contribution >= 4 is 11.6 Å². The molecule has 7 heteroatoms. The molecule has 1 heterocycles. The number of methoxy groups -OCH3 is 3. The van der Waals surface area contributed by atoms with Gasteiger partial charge in [0.1, 0.15) is 17.2 Å². The van der Waals surface area contributed by atoms with E-state index in [9.17, 15) is 4.79 Å². The standard InChI is InChI=1S/C22H29N3O4/c1-27-18-6-4-17(5-7-18)25-14-12-24(13-15-25)11-10-23-22(26)20-9-8-19(28-2)16-21(20)29-3/h4-9,16H,10-15H2,1-3H3,(H,23,26). The maximum Gasteiger partial charge on any atom is 0.255 e. The number of carbonyl (C=O) groups is 1. The Hall–Kier alpha value is -2.93. The van der Waals surface area contributed by atoms with Crippen molar-refractivity contribution in [3.8, 4) is 17.2 Å². The average molecular weight is 399 g/mol. The molecule has 29 heavy (non-hydrogen) atoms. The van der Waals surface area contributed by atoms with Gasteiger partial charge in [-0.3, -0.25) is 9.69 Å². The molecule has 0 radical (unpaired) electrons. The Morgan fingerprint density at radius 1 is 0.897 bits per heavy atom. The molecule has 0 bridgehead atoms. The highest BCUT2D eigenvalue weighted by Crippen LogP contribution is 2.24. The van der Waals surface area contributed by atoms with Crippen LogP contribution in [0, 0.1) is 0 Å². The lowest BCUT2D eigenvalue weighted by atomic mass is 10.1.